The second-order valence-electron chi connectivity index (χ2n) is 4.60. The van der Waals surface area contributed by atoms with Gasteiger partial charge in [-0.25, -0.2) is 4.79 Å². The Balaban J connectivity index is 1.92. The fourth-order valence-electron chi connectivity index (χ4n) is 2.24. The van der Waals surface area contributed by atoms with Crippen LogP contribution in [-0.4, -0.2) is 25.3 Å². The van der Waals surface area contributed by atoms with Crippen molar-refractivity contribution in [1.82, 2.24) is 0 Å². The first kappa shape index (κ1) is 13.4. The Hall–Kier alpha value is -1.00. The van der Waals surface area contributed by atoms with Gasteiger partial charge >= 0.3 is 5.97 Å². The van der Waals surface area contributed by atoms with Crippen molar-refractivity contribution in [3.63, 3.8) is 0 Å². The van der Waals surface area contributed by atoms with Gasteiger partial charge in [0.05, 0.1) is 11.7 Å². The van der Waals surface area contributed by atoms with E-state index in [1.807, 2.05) is 0 Å². The first-order valence-corrected chi connectivity index (χ1v) is 6.66. The molecule has 0 amide bonds. The van der Waals surface area contributed by atoms with Crippen LogP contribution in [0.3, 0.4) is 0 Å². The number of rotatable bonds is 3. The van der Waals surface area contributed by atoms with E-state index in [4.69, 9.17) is 9.47 Å². The zero-order valence-corrected chi connectivity index (χ0v) is 11.4. The lowest BCUT2D eigenvalue weighted by atomic mass is 9.95. The van der Waals surface area contributed by atoms with E-state index in [1.54, 1.807) is 31.4 Å². The molecule has 1 aromatic carbocycles. The molecule has 0 saturated heterocycles. The van der Waals surface area contributed by atoms with Crippen molar-refractivity contribution < 1.29 is 14.3 Å². The molecule has 4 heteroatoms. The third-order valence-electron chi connectivity index (χ3n) is 3.29. The number of esters is 1. The Morgan fingerprint density at radius 2 is 1.89 bits per heavy atom. The molecule has 1 aliphatic carbocycles. The standard InChI is InChI=1S/C14H18O3S/c1-16-11-3-2-4-12(9-11)17-14(15)10-5-7-13(18)8-6-10/h5-8,11-12,18H,2-4,9H2,1H3. The lowest BCUT2D eigenvalue weighted by Gasteiger charge is -2.27. The van der Waals surface area contributed by atoms with Crippen LogP contribution in [-0.2, 0) is 9.47 Å². The highest BCUT2D eigenvalue weighted by Gasteiger charge is 2.24. The van der Waals surface area contributed by atoms with Gasteiger partial charge in [-0.15, -0.1) is 12.6 Å². The number of hydrogen-bond acceptors (Lipinski definition) is 4. The first-order chi connectivity index (χ1) is 8.69. The summed E-state index contributed by atoms with van der Waals surface area (Å²) in [6.07, 6.45) is 4.02. The van der Waals surface area contributed by atoms with Gasteiger partial charge in [-0.3, -0.25) is 0 Å². The number of thiol groups is 1. The van der Waals surface area contributed by atoms with E-state index in [2.05, 4.69) is 12.6 Å². The van der Waals surface area contributed by atoms with Crippen molar-refractivity contribution in [2.45, 2.75) is 42.8 Å². The summed E-state index contributed by atoms with van der Waals surface area (Å²) < 4.78 is 10.8. The quantitative estimate of drug-likeness (QED) is 0.674. The summed E-state index contributed by atoms with van der Waals surface area (Å²) >= 11 is 4.19. The molecular weight excluding hydrogens is 248 g/mol. The van der Waals surface area contributed by atoms with Gasteiger partial charge in [0.25, 0.3) is 0 Å². The van der Waals surface area contributed by atoms with Crippen molar-refractivity contribution in [2.24, 2.45) is 0 Å². The van der Waals surface area contributed by atoms with E-state index >= 15 is 0 Å². The molecule has 0 aliphatic heterocycles. The van der Waals surface area contributed by atoms with E-state index in [9.17, 15) is 4.79 Å². The molecule has 2 atom stereocenters. The van der Waals surface area contributed by atoms with E-state index in [0.717, 1.165) is 30.6 Å². The molecule has 0 radical (unpaired) electrons. The maximum absolute atomic E-state index is 11.9. The zero-order chi connectivity index (χ0) is 13.0. The van der Waals surface area contributed by atoms with E-state index in [1.165, 1.54) is 0 Å². The molecule has 1 aliphatic rings. The van der Waals surface area contributed by atoms with Crippen LogP contribution in [0.15, 0.2) is 29.2 Å². The van der Waals surface area contributed by atoms with Crippen LogP contribution in [0, 0.1) is 0 Å². The van der Waals surface area contributed by atoms with Gasteiger partial charge in [0.15, 0.2) is 0 Å². The first-order valence-electron chi connectivity index (χ1n) is 6.22. The van der Waals surface area contributed by atoms with Crippen LogP contribution in [0.4, 0.5) is 0 Å². The maximum Gasteiger partial charge on any atom is 0.338 e. The third-order valence-corrected chi connectivity index (χ3v) is 3.59. The molecule has 1 saturated carbocycles. The van der Waals surface area contributed by atoms with Crippen molar-refractivity contribution in [1.29, 1.82) is 0 Å². The van der Waals surface area contributed by atoms with Gasteiger partial charge in [0.2, 0.25) is 0 Å². The molecule has 0 spiro atoms. The van der Waals surface area contributed by atoms with Gasteiger partial charge < -0.3 is 9.47 Å². The van der Waals surface area contributed by atoms with Gasteiger partial charge in [-0.1, -0.05) is 0 Å². The number of hydrogen-bond donors (Lipinski definition) is 1. The summed E-state index contributed by atoms with van der Waals surface area (Å²) in [4.78, 5) is 12.8. The molecule has 0 heterocycles. The van der Waals surface area contributed by atoms with Crippen LogP contribution < -0.4 is 0 Å². The maximum atomic E-state index is 11.9. The van der Waals surface area contributed by atoms with Crippen LogP contribution in [0.25, 0.3) is 0 Å². The summed E-state index contributed by atoms with van der Waals surface area (Å²) in [6, 6.07) is 7.06. The van der Waals surface area contributed by atoms with Crippen LogP contribution >= 0.6 is 12.6 Å². The number of ether oxygens (including phenoxy) is 2. The topological polar surface area (TPSA) is 35.5 Å². The highest BCUT2D eigenvalue weighted by molar-refractivity contribution is 7.80. The minimum absolute atomic E-state index is 0.0214. The van der Waals surface area contributed by atoms with Crippen LogP contribution in [0.5, 0.6) is 0 Å². The Morgan fingerprint density at radius 1 is 1.22 bits per heavy atom. The van der Waals surface area contributed by atoms with Crippen molar-refractivity contribution >= 4 is 18.6 Å². The Kier molecular flexibility index (Phi) is 4.66. The summed E-state index contributed by atoms with van der Waals surface area (Å²) in [5.41, 5.74) is 0.576. The number of benzene rings is 1. The Bertz CT molecular complexity index is 402. The Labute approximate surface area is 113 Å². The molecule has 0 aromatic heterocycles. The molecule has 1 aromatic rings. The molecule has 0 bridgehead atoms. The molecular formula is C14H18O3S. The van der Waals surface area contributed by atoms with E-state index < -0.39 is 0 Å². The average Bonchev–Trinajstić information content (AvgIpc) is 2.39. The largest absolute Gasteiger partial charge is 0.459 e. The van der Waals surface area contributed by atoms with Crippen molar-refractivity contribution in [3.8, 4) is 0 Å². The monoisotopic (exact) mass is 266 g/mol. The molecule has 2 unspecified atom stereocenters. The lowest BCUT2D eigenvalue weighted by Crippen LogP contribution is -2.29. The normalized spacial score (nSPS) is 23.7. The average molecular weight is 266 g/mol. The molecule has 1 fully saturated rings. The van der Waals surface area contributed by atoms with Crippen molar-refractivity contribution in [3.05, 3.63) is 29.8 Å². The predicted molar refractivity (Wildman–Crippen MR) is 72.2 cm³/mol. The minimum atomic E-state index is -0.259. The van der Waals surface area contributed by atoms with Crippen LogP contribution in [0.1, 0.15) is 36.0 Å². The van der Waals surface area contributed by atoms with Gasteiger partial charge in [-0.2, -0.15) is 0 Å². The fraction of sp³-hybridized carbons (Fsp3) is 0.500. The Morgan fingerprint density at radius 3 is 2.56 bits per heavy atom. The van der Waals surface area contributed by atoms with Gasteiger partial charge in [0, 0.05) is 18.4 Å². The third kappa shape index (κ3) is 3.50. The molecule has 2 rings (SSSR count). The molecule has 98 valence electrons. The highest BCUT2D eigenvalue weighted by Crippen LogP contribution is 2.24. The fourth-order valence-corrected chi connectivity index (χ4v) is 2.39. The summed E-state index contributed by atoms with van der Waals surface area (Å²) in [5, 5.41) is 0. The predicted octanol–water partition coefficient (Wildman–Crippen LogP) is 3.09. The zero-order valence-electron chi connectivity index (χ0n) is 10.5. The summed E-state index contributed by atoms with van der Waals surface area (Å²) in [7, 11) is 1.71. The van der Waals surface area contributed by atoms with Crippen LogP contribution in [0.2, 0.25) is 0 Å². The lowest BCUT2D eigenvalue weighted by molar-refractivity contribution is -0.0149. The van der Waals surface area contributed by atoms with E-state index in [-0.39, 0.29) is 18.2 Å². The number of carbonyl (C=O) groups excluding carboxylic acids is 1. The molecule has 3 nitrogen and oxygen atoms in total. The van der Waals surface area contributed by atoms with Gasteiger partial charge in [-0.05, 0) is 43.5 Å². The summed E-state index contributed by atoms with van der Waals surface area (Å²) in [6.45, 7) is 0. The summed E-state index contributed by atoms with van der Waals surface area (Å²) in [5.74, 6) is -0.259. The smallest absolute Gasteiger partial charge is 0.338 e. The molecule has 0 N–H and O–H groups in total. The molecule has 18 heavy (non-hydrogen) atoms. The van der Waals surface area contributed by atoms with Gasteiger partial charge in [0.1, 0.15) is 6.10 Å². The minimum Gasteiger partial charge on any atom is -0.459 e. The second kappa shape index (κ2) is 6.25. The number of methoxy groups -OCH3 is 1. The second-order valence-corrected chi connectivity index (χ2v) is 5.11. The highest BCUT2D eigenvalue weighted by atomic mass is 32.1. The van der Waals surface area contributed by atoms with Crippen molar-refractivity contribution in [2.75, 3.05) is 7.11 Å². The SMILES string of the molecule is COC1CCCC(OC(=O)c2ccc(S)cc2)C1. The van der Waals surface area contributed by atoms with E-state index in [0.29, 0.717) is 5.56 Å². The number of carbonyl (C=O) groups is 1.